The number of ether oxygens (including phenoxy) is 1. The molecule has 0 aromatic heterocycles. The normalized spacial score (nSPS) is 34.2. The first kappa shape index (κ1) is 11.9. The molecule has 1 atom stereocenters. The Hall–Kier alpha value is -0.120. The monoisotopic (exact) mass is 238 g/mol. The summed E-state index contributed by atoms with van der Waals surface area (Å²) < 4.78 is 6.09. The Morgan fingerprint density at radius 1 is 1.00 bits per heavy atom. The third-order valence-electron chi connectivity index (χ3n) is 4.73. The molecule has 3 heteroatoms. The van der Waals surface area contributed by atoms with Gasteiger partial charge in [0.05, 0.1) is 5.60 Å². The Morgan fingerprint density at radius 3 is 2.53 bits per heavy atom. The fraction of sp³-hybridized carbons (Fsp3) is 1.00. The quantitative estimate of drug-likeness (QED) is 0.800. The SMILES string of the molecule is C1CCN(NC2CCOC3(CCCC3)C2)CC1. The minimum absolute atomic E-state index is 0.256. The molecular formula is C14H26N2O. The molecule has 3 fully saturated rings. The van der Waals surface area contributed by atoms with Crippen molar-refractivity contribution in [3.05, 3.63) is 0 Å². The first-order valence-electron chi connectivity index (χ1n) is 7.51. The van der Waals surface area contributed by atoms with Crippen molar-refractivity contribution in [1.29, 1.82) is 0 Å². The van der Waals surface area contributed by atoms with E-state index in [1.165, 1.54) is 70.9 Å². The number of rotatable bonds is 2. The van der Waals surface area contributed by atoms with Crippen molar-refractivity contribution in [3.63, 3.8) is 0 Å². The van der Waals surface area contributed by atoms with Gasteiger partial charge in [-0.1, -0.05) is 19.3 Å². The van der Waals surface area contributed by atoms with E-state index in [1.54, 1.807) is 0 Å². The van der Waals surface area contributed by atoms with Gasteiger partial charge in [0.25, 0.3) is 0 Å². The standard InChI is InChI=1S/C14H26N2O/c1-4-9-16(10-5-1)15-13-6-11-17-14(12-13)7-2-3-8-14/h13,15H,1-12H2. The largest absolute Gasteiger partial charge is 0.375 e. The predicted molar refractivity (Wildman–Crippen MR) is 68.7 cm³/mol. The van der Waals surface area contributed by atoms with Gasteiger partial charge in [-0.3, -0.25) is 5.43 Å². The van der Waals surface area contributed by atoms with Crippen LogP contribution in [0, 0.1) is 0 Å². The Bertz CT molecular complexity index is 245. The predicted octanol–water partition coefficient (Wildman–Crippen LogP) is 2.47. The van der Waals surface area contributed by atoms with E-state index in [4.69, 9.17) is 4.74 Å². The topological polar surface area (TPSA) is 24.5 Å². The fourth-order valence-corrected chi connectivity index (χ4v) is 3.79. The van der Waals surface area contributed by atoms with E-state index in [9.17, 15) is 0 Å². The number of hydrazine groups is 1. The lowest BCUT2D eigenvalue weighted by Gasteiger charge is -2.41. The Morgan fingerprint density at radius 2 is 1.76 bits per heavy atom. The molecule has 1 aliphatic carbocycles. The molecule has 2 saturated heterocycles. The van der Waals surface area contributed by atoms with Crippen LogP contribution in [0.15, 0.2) is 0 Å². The molecule has 17 heavy (non-hydrogen) atoms. The van der Waals surface area contributed by atoms with Gasteiger partial charge in [0.15, 0.2) is 0 Å². The molecule has 98 valence electrons. The van der Waals surface area contributed by atoms with Crippen LogP contribution in [0.4, 0.5) is 0 Å². The van der Waals surface area contributed by atoms with E-state index in [0.29, 0.717) is 6.04 Å². The van der Waals surface area contributed by atoms with Crippen LogP contribution in [-0.2, 0) is 4.74 Å². The second-order valence-corrected chi connectivity index (χ2v) is 6.11. The number of hydrogen-bond acceptors (Lipinski definition) is 3. The van der Waals surface area contributed by atoms with Crippen LogP contribution >= 0.6 is 0 Å². The molecule has 0 amide bonds. The van der Waals surface area contributed by atoms with Crippen LogP contribution in [0.5, 0.6) is 0 Å². The molecule has 3 rings (SSSR count). The lowest BCUT2D eigenvalue weighted by Crippen LogP contribution is -2.52. The van der Waals surface area contributed by atoms with Crippen molar-refractivity contribution < 1.29 is 4.74 Å². The average molecular weight is 238 g/mol. The summed E-state index contributed by atoms with van der Waals surface area (Å²) in [4.78, 5) is 0. The molecule has 0 bridgehead atoms. The van der Waals surface area contributed by atoms with Gasteiger partial charge in [-0.25, -0.2) is 5.01 Å². The molecule has 3 aliphatic rings. The van der Waals surface area contributed by atoms with Gasteiger partial charge in [0, 0.05) is 25.7 Å². The zero-order chi connectivity index (χ0) is 11.6. The van der Waals surface area contributed by atoms with Crippen molar-refractivity contribution in [3.8, 4) is 0 Å². The maximum absolute atomic E-state index is 6.09. The molecule has 1 unspecified atom stereocenters. The summed E-state index contributed by atoms with van der Waals surface area (Å²) in [6.07, 6.45) is 11.9. The third-order valence-corrected chi connectivity index (χ3v) is 4.73. The Labute approximate surface area is 105 Å². The van der Waals surface area contributed by atoms with E-state index in [0.717, 1.165) is 6.61 Å². The number of piperidine rings is 1. The first-order valence-corrected chi connectivity index (χ1v) is 7.51. The van der Waals surface area contributed by atoms with Crippen LogP contribution in [0.3, 0.4) is 0 Å². The lowest BCUT2D eigenvalue weighted by atomic mass is 9.89. The summed E-state index contributed by atoms with van der Waals surface area (Å²) in [7, 11) is 0. The molecule has 3 nitrogen and oxygen atoms in total. The Balaban J connectivity index is 1.52. The van der Waals surface area contributed by atoms with Gasteiger partial charge in [-0.2, -0.15) is 0 Å². The van der Waals surface area contributed by atoms with Gasteiger partial charge >= 0.3 is 0 Å². The molecule has 1 N–H and O–H groups in total. The summed E-state index contributed by atoms with van der Waals surface area (Å²) in [5.41, 5.74) is 4.02. The molecule has 2 aliphatic heterocycles. The van der Waals surface area contributed by atoms with Gasteiger partial charge in [-0.15, -0.1) is 0 Å². The molecular weight excluding hydrogens is 212 g/mol. The average Bonchev–Trinajstić information content (AvgIpc) is 2.79. The highest BCUT2D eigenvalue weighted by Gasteiger charge is 2.40. The Kier molecular flexibility index (Phi) is 3.69. The van der Waals surface area contributed by atoms with Crippen LogP contribution in [0.1, 0.15) is 57.8 Å². The lowest BCUT2D eigenvalue weighted by molar-refractivity contribution is -0.0930. The highest BCUT2D eigenvalue weighted by atomic mass is 16.5. The molecule has 0 radical (unpaired) electrons. The molecule has 2 heterocycles. The number of hydrogen-bond donors (Lipinski definition) is 1. The van der Waals surface area contributed by atoms with Crippen LogP contribution < -0.4 is 5.43 Å². The maximum atomic E-state index is 6.09. The van der Waals surface area contributed by atoms with Crippen LogP contribution in [-0.4, -0.2) is 36.3 Å². The van der Waals surface area contributed by atoms with Crippen molar-refractivity contribution in [1.82, 2.24) is 10.4 Å². The minimum Gasteiger partial charge on any atom is -0.375 e. The summed E-state index contributed by atoms with van der Waals surface area (Å²) in [5.74, 6) is 0. The van der Waals surface area contributed by atoms with Gasteiger partial charge in [0.1, 0.15) is 0 Å². The molecule has 0 aromatic rings. The smallest absolute Gasteiger partial charge is 0.0697 e. The van der Waals surface area contributed by atoms with E-state index < -0.39 is 0 Å². The van der Waals surface area contributed by atoms with E-state index in [-0.39, 0.29) is 5.60 Å². The van der Waals surface area contributed by atoms with Crippen molar-refractivity contribution in [2.45, 2.75) is 69.4 Å². The first-order chi connectivity index (χ1) is 8.36. The highest BCUT2D eigenvalue weighted by molar-refractivity contribution is 4.93. The van der Waals surface area contributed by atoms with E-state index >= 15 is 0 Å². The van der Waals surface area contributed by atoms with Crippen molar-refractivity contribution in [2.75, 3.05) is 19.7 Å². The van der Waals surface area contributed by atoms with E-state index in [2.05, 4.69) is 10.4 Å². The zero-order valence-corrected chi connectivity index (χ0v) is 10.9. The summed E-state index contributed by atoms with van der Waals surface area (Å²) in [6, 6.07) is 0.667. The second kappa shape index (κ2) is 5.25. The number of nitrogens with zero attached hydrogens (tertiary/aromatic N) is 1. The fourth-order valence-electron chi connectivity index (χ4n) is 3.79. The van der Waals surface area contributed by atoms with Crippen LogP contribution in [0.2, 0.25) is 0 Å². The van der Waals surface area contributed by atoms with Crippen molar-refractivity contribution >= 4 is 0 Å². The molecule has 1 spiro atoms. The number of nitrogens with one attached hydrogen (secondary N) is 1. The summed E-state index contributed by atoms with van der Waals surface area (Å²) in [5, 5.41) is 2.46. The second-order valence-electron chi connectivity index (χ2n) is 6.11. The third kappa shape index (κ3) is 2.83. The van der Waals surface area contributed by atoms with Gasteiger partial charge in [0.2, 0.25) is 0 Å². The summed E-state index contributed by atoms with van der Waals surface area (Å²) >= 11 is 0. The minimum atomic E-state index is 0.256. The van der Waals surface area contributed by atoms with Gasteiger partial charge < -0.3 is 4.74 Å². The van der Waals surface area contributed by atoms with Crippen molar-refractivity contribution in [2.24, 2.45) is 0 Å². The van der Waals surface area contributed by atoms with E-state index in [1.807, 2.05) is 0 Å². The zero-order valence-electron chi connectivity index (χ0n) is 10.9. The molecule has 0 aromatic carbocycles. The van der Waals surface area contributed by atoms with Gasteiger partial charge in [-0.05, 0) is 38.5 Å². The van der Waals surface area contributed by atoms with Crippen LogP contribution in [0.25, 0.3) is 0 Å². The summed E-state index contributed by atoms with van der Waals surface area (Å²) in [6.45, 7) is 3.44. The maximum Gasteiger partial charge on any atom is 0.0697 e. The molecule has 1 saturated carbocycles. The highest BCUT2D eigenvalue weighted by Crippen LogP contribution is 2.40.